The highest BCUT2D eigenvalue weighted by Gasteiger charge is 2.31. The van der Waals surface area contributed by atoms with E-state index < -0.39 is 5.54 Å². The SMILES string of the molecule is C[C@@H]1[C@@H](c2cccc(Cl)c2)OCCN1Cc1nc(C(C)(C)N)no1. The first-order valence-electron chi connectivity index (χ1n) is 8.07. The van der Waals surface area contributed by atoms with Crippen LogP contribution in [0, 0.1) is 0 Å². The normalized spacial score (nSPS) is 22.7. The minimum absolute atomic E-state index is 0.0363. The van der Waals surface area contributed by atoms with Gasteiger partial charge in [0.2, 0.25) is 5.89 Å². The van der Waals surface area contributed by atoms with Crippen LogP contribution in [-0.2, 0) is 16.8 Å². The summed E-state index contributed by atoms with van der Waals surface area (Å²) in [5.41, 5.74) is 6.48. The van der Waals surface area contributed by atoms with E-state index in [2.05, 4.69) is 22.0 Å². The molecule has 0 saturated carbocycles. The van der Waals surface area contributed by atoms with Gasteiger partial charge in [-0.05, 0) is 38.5 Å². The van der Waals surface area contributed by atoms with Gasteiger partial charge in [0.15, 0.2) is 5.82 Å². The number of hydrogen-bond donors (Lipinski definition) is 1. The van der Waals surface area contributed by atoms with Crippen LogP contribution in [0.4, 0.5) is 0 Å². The van der Waals surface area contributed by atoms with E-state index in [0.29, 0.717) is 29.9 Å². The van der Waals surface area contributed by atoms with Gasteiger partial charge in [-0.25, -0.2) is 0 Å². The van der Waals surface area contributed by atoms with Crippen molar-refractivity contribution in [1.29, 1.82) is 0 Å². The maximum atomic E-state index is 6.11. The largest absolute Gasteiger partial charge is 0.371 e. The first-order valence-corrected chi connectivity index (χ1v) is 8.45. The van der Waals surface area contributed by atoms with Crippen molar-refractivity contribution in [2.45, 2.75) is 45.0 Å². The van der Waals surface area contributed by atoms with Gasteiger partial charge in [-0.15, -0.1) is 0 Å². The van der Waals surface area contributed by atoms with E-state index in [0.717, 1.165) is 12.1 Å². The molecule has 0 bridgehead atoms. The van der Waals surface area contributed by atoms with Gasteiger partial charge >= 0.3 is 0 Å². The molecule has 2 N–H and O–H groups in total. The molecule has 3 rings (SSSR count). The predicted octanol–water partition coefficient (Wildman–Crippen LogP) is 2.88. The number of morpholine rings is 1. The molecule has 0 amide bonds. The average Bonchev–Trinajstić information content (AvgIpc) is 2.98. The Hall–Kier alpha value is -1.47. The Labute approximate surface area is 146 Å². The molecule has 6 nitrogen and oxygen atoms in total. The lowest BCUT2D eigenvalue weighted by Gasteiger charge is -2.38. The van der Waals surface area contributed by atoms with Gasteiger partial charge < -0.3 is 15.0 Å². The molecule has 2 heterocycles. The summed E-state index contributed by atoms with van der Waals surface area (Å²) >= 11 is 6.11. The summed E-state index contributed by atoms with van der Waals surface area (Å²) in [6.07, 6.45) is -0.0363. The molecule has 1 aromatic carbocycles. The van der Waals surface area contributed by atoms with Crippen molar-refractivity contribution in [3.63, 3.8) is 0 Å². The fourth-order valence-electron chi connectivity index (χ4n) is 2.87. The molecule has 1 saturated heterocycles. The topological polar surface area (TPSA) is 77.4 Å². The molecule has 0 unspecified atom stereocenters. The molecule has 7 heteroatoms. The van der Waals surface area contributed by atoms with Crippen LogP contribution in [0.25, 0.3) is 0 Å². The first-order chi connectivity index (χ1) is 11.3. The van der Waals surface area contributed by atoms with Gasteiger partial charge in [0.1, 0.15) is 0 Å². The standard InChI is InChI=1S/C17H23ClN4O2/c1-11-15(12-5-4-6-13(18)9-12)23-8-7-22(11)10-14-20-16(21-24-14)17(2,3)19/h4-6,9,11,15H,7-8,10,19H2,1-3H3/t11-,15+/m1/s1. The smallest absolute Gasteiger partial charge is 0.240 e. The molecule has 1 fully saturated rings. The third-order valence-electron chi connectivity index (χ3n) is 4.25. The highest BCUT2D eigenvalue weighted by atomic mass is 35.5. The lowest BCUT2D eigenvalue weighted by atomic mass is 10.0. The van der Waals surface area contributed by atoms with E-state index in [-0.39, 0.29) is 12.1 Å². The molecule has 0 aliphatic carbocycles. The lowest BCUT2D eigenvalue weighted by Crippen LogP contribution is -2.45. The molecule has 2 aromatic rings. The lowest BCUT2D eigenvalue weighted by molar-refractivity contribution is -0.0728. The zero-order valence-corrected chi connectivity index (χ0v) is 15.0. The number of ether oxygens (including phenoxy) is 1. The van der Waals surface area contributed by atoms with Crippen molar-refractivity contribution < 1.29 is 9.26 Å². The molecule has 2 atom stereocenters. The molecular formula is C17H23ClN4O2. The van der Waals surface area contributed by atoms with Gasteiger partial charge in [0, 0.05) is 17.6 Å². The number of aromatic nitrogens is 2. The second kappa shape index (κ2) is 6.80. The van der Waals surface area contributed by atoms with Crippen molar-refractivity contribution in [1.82, 2.24) is 15.0 Å². The monoisotopic (exact) mass is 350 g/mol. The van der Waals surface area contributed by atoms with Crippen molar-refractivity contribution in [2.24, 2.45) is 5.73 Å². The zero-order chi connectivity index (χ0) is 17.3. The molecule has 1 aliphatic heterocycles. The van der Waals surface area contributed by atoms with E-state index >= 15 is 0 Å². The van der Waals surface area contributed by atoms with Crippen LogP contribution in [-0.4, -0.2) is 34.2 Å². The van der Waals surface area contributed by atoms with E-state index in [4.69, 9.17) is 26.6 Å². The first kappa shape index (κ1) is 17.4. The second-order valence-corrected chi connectivity index (χ2v) is 7.23. The molecular weight excluding hydrogens is 328 g/mol. The highest BCUT2D eigenvalue weighted by Crippen LogP contribution is 2.30. The Morgan fingerprint density at radius 3 is 2.88 bits per heavy atom. The zero-order valence-electron chi connectivity index (χ0n) is 14.2. The molecule has 130 valence electrons. The van der Waals surface area contributed by atoms with Crippen LogP contribution in [0.5, 0.6) is 0 Å². The molecule has 24 heavy (non-hydrogen) atoms. The van der Waals surface area contributed by atoms with Crippen molar-refractivity contribution in [2.75, 3.05) is 13.2 Å². The van der Waals surface area contributed by atoms with Gasteiger partial charge in [0.25, 0.3) is 0 Å². The van der Waals surface area contributed by atoms with E-state index in [1.165, 1.54) is 0 Å². The Morgan fingerprint density at radius 1 is 1.42 bits per heavy atom. The van der Waals surface area contributed by atoms with Crippen molar-refractivity contribution in [3.05, 3.63) is 46.6 Å². The van der Waals surface area contributed by atoms with Gasteiger partial charge in [-0.2, -0.15) is 4.98 Å². The van der Waals surface area contributed by atoms with E-state index in [1.807, 2.05) is 38.1 Å². The third-order valence-corrected chi connectivity index (χ3v) is 4.49. The van der Waals surface area contributed by atoms with E-state index in [9.17, 15) is 0 Å². The van der Waals surface area contributed by atoms with Crippen LogP contribution in [0.15, 0.2) is 28.8 Å². The summed E-state index contributed by atoms with van der Waals surface area (Å²) in [4.78, 5) is 6.69. The summed E-state index contributed by atoms with van der Waals surface area (Å²) in [6, 6.07) is 7.97. The Balaban J connectivity index is 1.73. The van der Waals surface area contributed by atoms with Crippen LogP contribution >= 0.6 is 11.6 Å². The summed E-state index contributed by atoms with van der Waals surface area (Å²) in [5.74, 6) is 1.09. The number of halogens is 1. The number of nitrogens with two attached hydrogens (primary N) is 1. The summed E-state index contributed by atoms with van der Waals surface area (Å²) in [6.45, 7) is 7.87. The van der Waals surface area contributed by atoms with Gasteiger partial charge in [-0.3, -0.25) is 4.90 Å². The van der Waals surface area contributed by atoms with E-state index in [1.54, 1.807) is 0 Å². The number of nitrogens with zero attached hydrogens (tertiary/aromatic N) is 3. The quantitative estimate of drug-likeness (QED) is 0.913. The molecule has 1 aliphatic rings. The number of rotatable bonds is 4. The van der Waals surface area contributed by atoms with Crippen LogP contribution in [0.1, 0.15) is 44.2 Å². The molecule has 0 radical (unpaired) electrons. The fourth-order valence-corrected chi connectivity index (χ4v) is 3.07. The summed E-state index contributed by atoms with van der Waals surface area (Å²) < 4.78 is 11.3. The van der Waals surface area contributed by atoms with Crippen molar-refractivity contribution in [3.8, 4) is 0 Å². The number of benzene rings is 1. The van der Waals surface area contributed by atoms with Crippen LogP contribution in [0.2, 0.25) is 5.02 Å². The maximum absolute atomic E-state index is 6.11. The van der Waals surface area contributed by atoms with Crippen LogP contribution in [0.3, 0.4) is 0 Å². The van der Waals surface area contributed by atoms with Crippen molar-refractivity contribution >= 4 is 11.6 Å². The predicted molar refractivity (Wildman–Crippen MR) is 91.5 cm³/mol. The van der Waals surface area contributed by atoms with Gasteiger partial charge in [0.05, 0.1) is 24.8 Å². The Bertz CT molecular complexity index is 698. The molecule has 1 aromatic heterocycles. The highest BCUT2D eigenvalue weighted by molar-refractivity contribution is 6.30. The minimum Gasteiger partial charge on any atom is -0.371 e. The Morgan fingerprint density at radius 2 is 2.21 bits per heavy atom. The minimum atomic E-state index is -0.609. The second-order valence-electron chi connectivity index (χ2n) is 6.79. The summed E-state index contributed by atoms with van der Waals surface area (Å²) in [5, 5.41) is 4.70. The third kappa shape index (κ3) is 3.78. The maximum Gasteiger partial charge on any atom is 0.240 e. The number of hydrogen-bond acceptors (Lipinski definition) is 6. The Kier molecular flexibility index (Phi) is 4.92. The molecule has 0 spiro atoms. The average molecular weight is 351 g/mol. The summed E-state index contributed by atoms with van der Waals surface area (Å²) in [7, 11) is 0. The van der Waals surface area contributed by atoms with Crippen LogP contribution < -0.4 is 5.73 Å². The fraction of sp³-hybridized carbons (Fsp3) is 0.529. The van der Waals surface area contributed by atoms with Gasteiger partial charge in [-0.1, -0.05) is 28.9 Å².